The molecule has 0 fully saturated rings. The van der Waals surface area contributed by atoms with Crippen LogP contribution in [-0.2, 0) is 5.41 Å². The maximum atomic E-state index is 5.18. The highest BCUT2D eigenvalue weighted by atomic mass is 16.3. The fraction of sp³-hybridized carbons (Fsp3) is 0.625. The van der Waals surface area contributed by atoms with Gasteiger partial charge in [-0.3, -0.25) is 0 Å². The van der Waals surface area contributed by atoms with Gasteiger partial charge in [-0.2, -0.15) is 0 Å². The molecule has 0 aromatic carbocycles. The second-order valence-corrected chi connectivity index (χ2v) is 3.10. The highest BCUT2D eigenvalue weighted by Gasteiger charge is 2.20. The highest BCUT2D eigenvalue weighted by Crippen LogP contribution is 2.25. The summed E-state index contributed by atoms with van der Waals surface area (Å²) in [6.07, 6.45) is 4.33. The summed E-state index contributed by atoms with van der Waals surface area (Å²) in [5.41, 5.74) is 0.135. The SMILES string of the molecule is CCC(C)(C)c1cnco1. The lowest BCUT2D eigenvalue weighted by atomic mass is 9.88. The third-order valence-corrected chi connectivity index (χ3v) is 1.98. The third-order valence-electron chi connectivity index (χ3n) is 1.98. The lowest BCUT2D eigenvalue weighted by molar-refractivity contribution is 0.374. The second-order valence-electron chi connectivity index (χ2n) is 3.10. The summed E-state index contributed by atoms with van der Waals surface area (Å²) in [7, 11) is 0. The largest absolute Gasteiger partial charge is 0.448 e. The van der Waals surface area contributed by atoms with Crippen LogP contribution in [0, 0.1) is 0 Å². The van der Waals surface area contributed by atoms with Gasteiger partial charge in [-0.05, 0) is 6.42 Å². The zero-order valence-corrected chi connectivity index (χ0v) is 6.72. The van der Waals surface area contributed by atoms with Crippen molar-refractivity contribution in [3.05, 3.63) is 18.4 Å². The molecule has 0 saturated carbocycles. The maximum Gasteiger partial charge on any atom is 0.180 e. The number of aromatic nitrogens is 1. The molecule has 0 atom stereocenters. The van der Waals surface area contributed by atoms with Gasteiger partial charge in [0, 0.05) is 5.41 Å². The minimum absolute atomic E-state index is 0.135. The summed E-state index contributed by atoms with van der Waals surface area (Å²) in [5.74, 6) is 0.968. The minimum Gasteiger partial charge on any atom is -0.448 e. The summed E-state index contributed by atoms with van der Waals surface area (Å²) in [4.78, 5) is 3.87. The molecule has 0 radical (unpaired) electrons. The van der Waals surface area contributed by atoms with E-state index in [9.17, 15) is 0 Å². The van der Waals surface area contributed by atoms with E-state index in [-0.39, 0.29) is 5.41 Å². The van der Waals surface area contributed by atoms with Crippen LogP contribution in [0.5, 0.6) is 0 Å². The van der Waals surface area contributed by atoms with E-state index < -0.39 is 0 Å². The summed E-state index contributed by atoms with van der Waals surface area (Å²) in [6, 6.07) is 0. The van der Waals surface area contributed by atoms with E-state index in [2.05, 4.69) is 25.8 Å². The lowest BCUT2D eigenvalue weighted by Gasteiger charge is -2.17. The zero-order valence-electron chi connectivity index (χ0n) is 6.72. The van der Waals surface area contributed by atoms with Crippen molar-refractivity contribution < 1.29 is 4.42 Å². The Kier molecular flexibility index (Phi) is 1.79. The summed E-state index contributed by atoms with van der Waals surface area (Å²) in [5, 5.41) is 0. The predicted molar refractivity (Wildman–Crippen MR) is 39.8 cm³/mol. The molecule has 0 saturated heterocycles. The first-order chi connectivity index (χ1) is 4.67. The van der Waals surface area contributed by atoms with E-state index in [1.165, 1.54) is 6.39 Å². The lowest BCUT2D eigenvalue weighted by Crippen LogP contribution is -2.13. The normalized spacial score (nSPS) is 11.9. The van der Waals surface area contributed by atoms with Gasteiger partial charge in [0.05, 0.1) is 6.20 Å². The number of nitrogens with zero attached hydrogens (tertiary/aromatic N) is 1. The van der Waals surface area contributed by atoms with Crippen LogP contribution in [-0.4, -0.2) is 4.98 Å². The first kappa shape index (κ1) is 7.32. The molecule has 1 heterocycles. The van der Waals surface area contributed by atoms with Crippen LogP contribution in [0.25, 0.3) is 0 Å². The van der Waals surface area contributed by atoms with Crippen molar-refractivity contribution in [3.63, 3.8) is 0 Å². The Morgan fingerprint density at radius 1 is 1.60 bits per heavy atom. The number of rotatable bonds is 2. The van der Waals surface area contributed by atoms with E-state index in [0.29, 0.717) is 0 Å². The Hall–Kier alpha value is -0.790. The van der Waals surface area contributed by atoms with Crippen molar-refractivity contribution >= 4 is 0 Å². The van der Waals surface area contributed by atoms with Gasteiger partial charge in [-0.1, -0.05) is 20.8 Å². The Labute approximate surface area is 61.3 Å². The van der Waals surface area contributed by atoms with E-state index in [0.717, 1.165) is 12.2 Å². The molecule has 1 aromatic heterocycles. The molecule has 0 N–H and O–H groups in total. The molecule has 0 unspecified atom stereocenters. The number of hydrogen-bond acceptors (Lipinski definition) is 2. The van der Waals surface area contributed by atoms with Crippen LogP contribution < -0.4 is 0 Å². The van der Waals surface area contributed by atoms with Gasteiger partial charge in [0.1, 0.15) is 5.76 Å². The first-order valence-electron chi connectivity index (χ1n) is 3.56. The average molecular weight is 139 g/mol. The molecule has 1 rings (SSSR count). The van der Waals surface area contributed by atoms with Crippen molar-refractivity contribution in [2.45, 2.75) is 32.6 Å². The van der Waals surface area contributed by atoms with Gasteiger partial charge in [0.2, 0.25) is 0 Å². The Bertz CT molecular complexity index is 189. The Morgan fingerprint density at radius 2 is 2.30 bits per heavy atom. The van der Waals surface area contributed by atoms with Crippen molar-refractivity contribution in [2.75, 3.05) is 0 Å². The molecule has 10 heavy (non-hydrogen) atoms. The van der Waals surface area contributed by atoms with Crippen LogP contribution in [0.2, 0.25) is 0 Å². The summed E-state index contributed by atoms with van der Waals surface area (Å²) in [6.45, 7) is 6.43. The average Bonchev–Trinajstić information content (AvgIpc) is 2.38. The maximum absolute atomic E-state index is 5.18. The standard InChI is InChI=1S/C8H13NO/c1-4-8(2,3)7-5-9-6-10-7/h5-6H,4H2,1-3H3. The number of hydrogen-bond donors (Lipinski definition) is 0. The predicted octanol–water partition coefficient (Wildman–Crippen LogP) is 2.36. The monoisotopic (exact) mass is 139 g/mol. The van der Waals surface area contributed by atoms with Gasteiger partial charge in [0.15, 0.2) is 6.39 Å². The van der Waals surface area contributed by atoms with Crippen molar-refractivity contribution in [1.82, 2.24) is 4.98 Å². The highest BCUT2D eigenvalue weighted by molar-refractivity contribution is 5.04. The molecule has 0 aliphatic carbocycles. The molecule has 0 amide bonds. The second kappa shape index (κ2) is 2.45. The van der Waals surface area contributed by atoms with Crippen LogP contribution in [0.15, 0.2) is 17.0 Å². The molecular weight excluding hydrogens is 126 g/mol. The van der Waals surface area contributed by atoms with Crippen molar-refractivity contribution in [2.24, 2.45) is 0 Å². The molecule has 0 aliphatic heterocycles. The summed E-state index contributed by atoms with van der Waals surface area (Å²) < 4.78 is 5.18. The third kappa shape index (κ3) is 1.20. The smallest absolute Gasteiger partial charge is 0.180 e. The molecule has 1 aromatic rings. The van der Waals surface area contributed by atoms with Crippen LogP contribution in [0.4, 0.5) is 0 Å². The fourth-order valence-corrected chi connectivity index (χ4v) is 0.724. The zero-order chi connectivity index (χ0) is 7.61. The van der Waals surface area contributed by atoms with E-state index in [1.54, 1.807) is 6.20 Å². The van der Waals surface area contributed by atoms with Gasteiger partial charge in [0.25, 0.3) is 0 Å². The molecule has 2 nitrogen and oxygen atoms in total. The number of oxazole rings is 1. The quantitative estimate of drug-likeness (QED) is 0.628. The first-order valence-corrected chi connectivity index (χ1v) is 3.56. The Morgan fingerprint density at radius 3 is 2.70 bits per heavy atom. The molecule has 0 bridgehead atoms. The van der Waals surface area contributed by atoms with Crippen LogP contribution in [0.3, 0.4) is 0 Å². The van der Waals surface area contributed by atoms with Crippen molar-refractivity contribution in [3.8, 4) is 0 Å². The molecule has 0 spiro atoms. The molecule has 0 aliphatic rings. The van der Waals surface area contributed by atoms with E-state index in [1.807, 2.05) is 0 Å². The van der Waals surface area contributed by atoms with E-state index >= 15 is 0 Å². The fourth-order valence-electron chi connectivity index (χ4n) is 0.724. The van der Waals surface area contributed by atoms with E-state index in [4.69, 9.17) is 4.42 Å². The van der Waals surface area contributed by atoms with Gasteiger partial charge < -0.3 is 4.42 Å². The topological polar surface area (TPSA) is 26.0 Å². The van der Waals surface area contributed by atoms with Crippen LogP contribution in [0.1, 0.15) is 33.0 Å². The van der Waals surface area contributed by atoms with Gasteiger partial charge in [-0.25, -0.2) is 4.98 Å². The van der Waals surface area contributed by atoms with Gasteiger partial charge >= 0.3 is 0 Å². The molecule has 2 heteroatoms. The van der Waals surface area contributed by atoms with Crippen LogP contribution >= 0.6 is 0 Å². The summed E-state index contributed by atoms with van der Waals surface area (Å²) >= 11 is 0. The minimum atomic E-state index is 0.135. The van der Waals surface area contributed by atoms with Crippen molar-refractivity contribution in [1.29, 1.82) is 0 Å². The molecular formula is C8H13NO. The van der Waals surface area contributed by atoms with Gasteiger partial charge in [-0.15, -0.1) is 0 Å². The molecule has 56 valence electrons. The Balaban J connectivity index is 2.85.